The summed E-state index contributed by atoms with van der Waals surface area (Å²) in [5.41, 5.74) is 1.68. The monoisotopic (exact) mass is 438 g/mol. The number of carbonyl (C=O) groups excluding carboxylic acids is 4. The number of rotatable bonds is 5. The molecular weight excluding hydrogens is 416 g/mol. The second-order valence-electron chi connectivity index (χ2n) is 8.16. The van der Waals surface area contributed by atoms with E-state index in [9.17, 15) is 19.2 Å². The summed E-state index contributed by atoms with van der Waals surface area (Å²) in [6.07, 6.45) is 3.27. The van der Waals surface area contributed by atoms with Gasteiger partial charge >= 0.3 is 0 Å². The maximum Gasteiger partial charge on any atom is 0.261 e. The molecule has 1 heterocycles. The lowest BCUT2D eigenvalue weighted by atomic mass is 9.78. The Labute approximate surface area is 185 Å². The van der Waals surface area contributed by atoms with E-state index >= 15 is 0 Å². The molecule has 4 rings (SSSR count). The minimum atomic E-state index is -0.352. The third kappa shape index (κ3) is 4.12. The van der Waals surface area contributed by atoms with Crippen molar-refractivity contribution in [3.05, 3.63) is 64.2 Å². The van der Waals surface area contributed by atoms with Gasteiger partial charge in [-0.1, -0.05) is 36.6 Å². The van der Waals surface area contributed by atoms with E-state index in [0.29, 0.717) is 33.8 Å². The van der Waals surface area contributed by atoms with Crippen molar-refractivity contribution in [2.24, 2.45) is 11.8 Å². The van der Waals surface area contributed by atoms with Crippen LogP contribution in [0.25, 0.3) is 0 Å². The lowest BCUT2D eigenvalue weighted by molar-refractivity contribution is -0.122. The molecule has 0 bridgehead atoms. The molecule has 3 amide bonds. The molecule has 0 spiro atoms. The zero-order valence-corrected chi connectivity index (χ0v) is 17.9. The van der Waals surface area contributed by atoms with Gasteiger partial charge in [-0.15, -0.1) is 0 Å². The van der Waals surface area contributed by atoms with E-state index in [2.05, 4.69) is 5.32 Å². The van der Waals surface area contributed by atoms with E-state index in [1.807, 2.05) is 0 Å². The number of hydrogen-bond donors (Lipinski definition) is 1. The van der Waals surface area contributed by atoms with Crippen LogP contribution in [-0.2, 0) is 4.79 Å². The van der Waals surface area contributed by atoms with Gasteiger partial charge in [0.05, 0.1) is 21.8 Å². The number of nitrogens with zero attached hydrogens (tertiary/aromatic N) is 1. The fraction of sp³-hybridized carbons (Fsp3) is 0.333. The van der Waals surface area contributed by atoms with Crippen LogP contribution in [0.15, 0.2) is 42.5 Å². The van der Waals surface area contributed by atoms with Crippen LogP contribution < -0.4 is 5.32 Å². The summed E-state index contributed by atoms with van der Waals surface area (Å²) in [7, 11) is 0. The van der Waals surface area contributed by atoms with Gasteiger partial charge in [-0.2, -0.15) is 0 Å². The maximum atomic E-state index is 13.1. The van der Waals surface area contributed by atoms with Crippen molar-refractivity contribution in [1.29, 1.82) is 0 Å². The molecule has 160 valence electrons. The molecule has 0 radical (unpaired) electrons. The van der Waals surface area contributed by atoms with Gasteiger partial charge in [0.15, 0.2) is 5.78 Å². The van der Waals surface area contributed by atoms with Crippen LogP contribution >= 0.6 is 11.6 Å². The summed E-state index contributed by atoms with van der Waals surface area (Å²) in [5, 5.41) is 3.21. The van der Waals surface area contributed by atoms with Gasteiger partial charge in [0, 0.05) is 18.0 Å². The van der Waals surface area contributed by atoms with Crippen LogP contribution in [0.1, 0.15) is 63.7 Å². The van der Waals surface area contributed by atoms with Crippen LogP contribution in [0.2, 0.25) is 5.02 Å². The first-order chi connectivity index (χ1) is 14.9. The smallest absolute Gasteiger partial charge is 0.261 e. The number of halogens is 1. The summed E-state index contributed by atoms with van der Waals surface area (Å²) in [4.78, 5) is 51.6. The molecule has 1 aliphatic heterocycles. The first-order valence-electron chi connectivity index (χ1n) is 10.4. The van der Waals surface area contributed by atoms with Crippen molar-refractivity contribution >= 4 is 40.8 Å². The summed E-state index contributed by atoms with van der Waals surface area (Å²) < 4.78 is 0. The minimum Gasteiger partial charge on any atom is -0.324 e. The summed E-state index contributed by atoms with van der Waals surface area (Å²) >= 11 is 6.22. The quantitative estimate of drug-likeness (QED) is 0.547. The number of carbonyl (C=O) groups is 4. The predicted molar refractivity (Wildman–Crippen MR) is 117 cm³/mol. The Kier molecular flexibility index (Phi) is 5.92. The van der Waals surface area contributed by atoms with Crippen molar-refractivity contribution in [3.63, 3.8) is 0 Å². The Morgan fingerprint density at radius 3 is 2.32 bits per heavy atom. The molecule has 0 saturated heterocycles. The zero-order valence-electron chi connectivity index (χ0n) is 17.2. The number of ketones is 1. The predicted octanol–water partition coefficient (Wildman–Crippen LogP) is 4.58. The molecule has 2 aliphatic rings. The highest BCUT2D eigenvalue weighted by molar-refractivity contribution is 6.34. The van der Waals surface area contributed by atoms with Crippen molar-refractivity contribution in [2.75, 3.05) is 11.9 Å². The Bertz CT molecular complexity index is 1050. The Morgan fingerprint density at radius 2 is 1.68 bits per heavy atom. The standard InChI is InChI=1S/C24H23ClN2O4/c1-14(28)15-10-11-20(25)21(12-15)26-22(29)17-7-3-2-6-16(17)13-27-23(30)18-8-4-5-9-19(18)24(27)31/h4-5,8-12,16-17H,2-3,6-7,13H2,1H3,(H,26,29). The van der Waals surface area contributed by atoms with Gasteiger partial charge in [0.1, 0.15) is 0 Å². The molecule has 1 aliphatic carbocycles. The molecule has 0 aromatic heterocycles. The molecular formula is C24H23ClN2O4. The molecule has 2 unspecified atom stereocenters. The van der Waals surface area contributed by atoms with Crippen molar-refractivity contribution in [2.45, 2.75) is 32.6 Å². The number of amides is 3. The fourth-order valence-corrected chi connectivity index (χ4v) is 4.64. The Morgan fingerprint density at radius 1 is 1.03 bits per heavy atom. The Hall–Kier alpha value is -2.99. The van der Waals surface area contributed by atoms with Gasteiger partial charge in [0.25, 0.3) is 11.8 Å². The molecule has 2 aromatic carbocycles. The molecule has 2 atom stereocenters. The van der Waals surface area contributed by atoms with Crippen LogP contribution in [-0.4, -0.2) is 34.9 Å². The number of hydrogen-bond acceptors (Lipinski definition) is 4. The van der Waals surface area contributed by atoms with Crippen molar-refractivity contribution < 1.29 is 19.2 Å². The molecule has 31 heavy (non-hydrogen) atoms. The SMILES string of the molecule is CC(=O)c1ccc(Cl)c(NC(=O)C2CCCCC2CN2C(=O)c3ccccc3C2=O)c1. The summed E-state index contributed by atoms with van der Waals surface area (Å²) in [5.74, 6) is -1.41. The number of Topliss-reactive ketones (excluding diaryl/α,β-unsaturated/α-hetero) is 1. The number of benzene rings is 2. The van der Waals surface area contributed by atoms with Crippen LogP contribution in [0.4, 0.5) is 5.69 Å². The fourth-order valence-electron chi connectivity index (χ4n) is 4.48. The van der Waals surface area contributed by atoms with Crippen LogP contribution in [0.5, 0.6) is 0 Å². The highest BCUT2D eigenvalue weighted by Crippen LogP contribution is 2.35. The number of fused-ring (bicyclic) bond motifs is 1. The van der Waals surface area contributed by atoms with Crippen LogP contribution in [0, 0.1) is 11.8 Å². The van der Waals surface area contributed by atoms with Gasteiger partial charge in [-0.3, -0.25) is 24.1 Å². The highest BCUT2D eigenvalue weighted by atomic mass is 35.5. The highest BCUT2D eigenvalue weighted by Gasteiger charge is 2.40. The van der Waals surface area contributed by atoms with E-state index in [1.54, 1.807) is 42.5 Å². The summed E-state index contributed by atoms with van der Waals surface area (Å²) in [6.45, 7) is 1.67. The molecule has 7 heteroatoms. The van der Waals surface area contributed by atoms with Gasteiger partial charge < -0.3 is 5.32 Å². The maximum absolute atomic E-state index is 13.1. The van der Waals surface area contributed by atoms with Gasteiger partial charge in [-0.25, -0.2) is 0 Å². The minimum absolute atomic E-state index is 0.117. The normalized spacial score (nSPS) is 20.5. The average Bonchev–Trinajstić information content (AvgIpc) is 3.00. The van der Waals surface area contributed by atoms with E-state index in [-0.39, 0.29) is 41.9 Å². The Balaban J connectivity index is 1.51. The first kappa shape index (κ1) is 21.2. The molecule has 6 nitrogen and oxygen atoms in total. The molecule has 2 aromatic rings. The number of anilines is 1. The lowest BCUT2D eigenvalue weighted by Crippen LogP contribution is -2.41. The average molecular weight is 439 g/mol. The number of imide groups is 1. The zero-order chi connectivity index (χ0) is 22.1. The van der Waals surface area contributed by atoms with E-state index in [4.69, 9.17) is 11.6 Å². The van der Waals surface area contributed by atoms with Crippen LogP contribution in [0.3, 0.4) is 0 Å². The third-order valence-electron chi connectivity index (χ3n) is 6.17. The second kappa shape index (κ2) is 8.63. The van der Waals surface area contributed by atoms with E-state index < -0.39 is 0 Å². The van der Waals surface area contributed by atoms with Gasteiger partial charge in [-0.05, 0) is 56.0 Å². The second-order valence-corrected chi connectivity index (χ2v) is 8.56. The van der Waals surface area contributed by atoms with Gasteiger partial charge in [0.2, 0.25) is 5.91 Å². The lowest BCUT2D eigenvalue weighted by Gasteiger charge is -2.33. The molecule has 1 N–H and O–H groups in total. The van der Waals surface area contributed by atoms with Crippen molar-refractivity contribution in [1.82, 2.24) is 4.90 Å². The topological polar surface area (TPSA) is 83.6 Å². The van der Waals surface area contributed by atoms with E-state index in [0.717, 1.165) is 19.3 Å². The third-order valence-corrected chi connectivity index (χ3v) is 6.50. The molecule has 1 saturated carbocycles. The summed E-state index contributed by atoms with van der Waals surface area (Å²) in [6, 6.07) is 11.6. The largest absolute Gasteiger partial charge is 0.324 e. The first-order valence-corrected chi connectivity index (χ1v) is 10.8. The molecule has 1 fully saturated rings. The number of nitrogens with one attached hydrogen (secondary N) is 1. The van der Waals surface area contributed by atoms with Crippen molar-refractivity contribution in [3.8, 4) is 0 Å². The van der Waals surface area contributed by atoms with E-state index in [1.165, 1.54) is 11.8 Å².